The maximum Gasteiger partial charge on any atom is 0.416 e. The molecular formula is C20H20F4N2O. The molecule has 1 fully saturated rings. The highest BCUT2D eigenvalue weighted by Crippen LogP contribution is 2.30. The van der Waals surface area contributed by atoms with E-state index in [0.717, 1.165) is 30.8 Å². The van der Waals surface area contributed by atoms with Gasteiger partial charge in [-0.1, -0.05) is 12.1 Å². The zero-order valence-electron chi connectivity index (χ0n) is 14.6. The molecular weight excluding hydrogens is 360 g/mol. The first-order valence-electron chi connectivity index (χ1n) is 8.76. The Balaban J connectivity index is 1.49. The maximum atomic E-state index is 13.0. The number of rotatable bonds is 4. The topological polar surface area (TPSA) is 32.3 Å². The van der Waals surface area contributed by atoms with Crippen molar-refractivity contribution in [2.45, 2.75) is 25.6 Å². The number of piperidine rings is 1. The molecule has 0 spiro atoms. The van der Waals surface area contributed by atoms with E-state index in [2.05, 4.69) is 10.2 Å². The summed E-state index contributed by atoms with van der Waals surface area (Å²) in [6.07, 6.45) is -3.04. The summed E-state index contributed by atoms with van der Waals surface area (Å²) in [6.45, 7) is 2.18. The highest BCUT2D eigenvalue weighted by Gasteiger charge is 2.30. The maximum absolute atomic E-state index is 13.0. The molecule has 3 nitrogen and oxygen atoms in total. The van der Waals surface area contributed by atoms with Crippen LogP contribution < -0.4 is 5.32 Å². The summed E-state index contributed by atoms with van der Waals surface area (Å²) >= 11 is 0. The lowest BCUT2D eigenvalue weighted by atomic mass is 9.95. The Morgan fingerprint density at radius 1 is 1.00 bits per heavy atom. The Morgan fingerprint density at radius 2 is 1.59 bits per heavy atom. The summed E-state index contributed by atoms with van der Waals surface area (Å²) in [7, 11) is 0. The lowest BCUT2D eigenvalue weighted by molar-refractivity contribution is -0.137. The fraction of sp³-hybridized carbons (Fsp3) is 0.350. The summed E-state index contributed by atoms with van der Waals surface area (Å²) in [5.74, 6) is -0.606. The van der Waals surface area contributed by atoms with E-state index in [1.165, 1.54) is 24.3 Å². The van der Waals surface area contributed by atoms with Crippen molar-refractivity contribution in [3.8, 4) is 0 Å². The fourth-order valence-electron chi connectivity index (χ4n) is 3.19. The van der Waals surface area contributed by atoms with Gasteiger partial charge in [-0.3, -0.25) is 9.69 Å². The first-order chi connectivity index (χ1) is 12.8. The number of hydrogen-bond donors (Lipinski definition) is 1. The molecule has 0 aliphatic carbocycles. The molecule has 0 saturated carbocycles. The molecule has 1 saturated heterocycles. The van der Waals surface area contributed by atoms with Crippen molar-refractivity contribution >= 4 is 11.6 Å². The molecule has 0 atom stereocenters. The minimum atomic E-state index is -4.39. The number of nitrogens with zero attached hydrogens (tertiary/aromatic N) is 1. The van der Waals surface area contributed by atoms with Crippen LogP contribution in [0.25, 0.3) is 0 Å². The van der Waals surface area contributed by atoms with E-state index in [1.54, 1.807) is 12.1 Å². The van der Waals surface area contributed by atoms with E-state index in [1.807, 2.05) is 0 Å². The number of benzene rings is 2. The second kappa shape index (κ2) is 8.08. The van der Waals surface area contributed by atoms with Crippen molar-refractivity contribution in [3.63, 3.8) is 0 Å². The van der Waals surface area contributed by atoms with E-state index in [0.29, 0.717) is 25.1 Å². The molecule has 1 aliphatic heterocycles. The number of anilines is 1. The predicted octanol–water partition coefficient (Wildman–Crippen LogP) is 4.70. The summed E-state index contributed by atoms with van der Waals surface area (Å²) in [5.41, 5.74) is 0.639. The van der Waals surface area contributed by atoms with Crippen molar-refractivity contribution in [2.24, 2.45) is 5.92 Å². The predicted molar refractivity (Wildman–Crippen MR) is 94.5 cm³/mol. The van der Waals surface area contributed by atoms with Crippen LogP contribution in [0.3, 0.4) is 0 Å². The second-order valence-electron chi connectivity index (χ2n) is 6.74. The highest BCUT2D eigenvalue weighted by atomic mass is 19.4. The second-order valence-corrected chi connectivity index (χ2v) is 6.74. The van der Waals surface area contributed by atoms with Crippen LogP contribution in [0.1, 0.15) is 24.0 Å². The van der Waals surface area contributed by atoms with Crippen molar-refractivity contribution in [1.82, 2.24) is 4.90 Å². The standard InChI is InChI=1S/C20H20F4N2O/c21-17-5-1-14(2-6-17)13-26-11-9-15(10-12-26)19(27)25-18-7-3-16(4-8-18)20(22,23)24/h1-8,15H,9-13H2,(H,25,27). The van der Waals surface area contributed by atoms with E-state index in [-0.39, 0.29) is 17.6 Å². The third-order valence-corrected chi connectivity index (χ3v) is 4.76. The van der Waals surface area contributed by atoms with Crippen LogP contribution in [-0.4, -0.2) is 23.9 Å². The first kappa shape index (κ1) is 19.4. The average Bonchev–Trinajstić information content (AvgIpc) is 2.64. The van der Waals surface area contributed by atoms with Crippen LogP contribution >= 0.6 is 0 Å². The van der Waals surface area contributed by atoms with Gasteiger partial charge >= 0.3 is 6.18 Å². The smallest absolute Gasteiger partial charge is 0.326 e. The van der Waals surface area contributed by atoms with Gasteiger partial charge in [0.1, 0.15) is 5.82 Å². The van der Waals surface area contributed by atoms with Gasteiger partial charge in [0.2, 0.25) is 5.91 Å². The van der Waals surface area contributed by atoms with E-state index in [9.17, 15) is 22.4 Å². The zero-order chi connectivity index (χ0) is 19.4. The molecule has 1 N–H and O–H groups in total. The quantitative estimate of drug-likeness (QED) is 0.780. The number of alkyl halides is 3. The van der Waals surface area contributed by atoms with Crippen LogP contribution in [0.5, 0.6) is 0 Å². The Kier molecular flexibility index (Phi) is 5.79. The minimum Gasteiger partial charge on any atom is -0.326 e. The van der Waals surface area contributed by atoms with Crippen molar-refractivity contribution in [3.05, 3.63) is 65.5 Å². The monoisotopic (exact) mass is 380 g/mol. The third kappa shape index (κ3) is 5.29. The third-order valence-electron chi connectivity index (χ3n) is 4.76. The van der Waals surface area contributed by atoms with Crippen molar-refractivity contribution in [2.75, 3.05) is 18.4 Å². The molecule has 7 heteroatoms. The molecule has 144 valence electrons. The van der Waals surface area contributed by atoms with Crippen molar-refractivity contribution in [1.29, 1.82) is 0 Å². The number of carbonyl (C=O) groups excluding carboxylic acids is 1. The van der Waals surface area contributed by atoms with Gasteiger partial charge in [-0.05, 0) is 67.9 Å². The number of hydrogen-bond acceptors (Lipinski definition) is 2. The molecule has 0 bridgehead atoms. The first-order valence-corrected chi connectivity index (χ1v) is 8.76. The van der Waals surface area contributed by atoms with Gasteiger partial charge < -0.3 is 5.32 Å². The molecule has 2 aromatic rings. The van der Waals surface area contributed by atoms with Gasteiger partial charge in [-0.2, -0.15) is 13.2 Å². The SMILES string of the molecule is O=C(Nc1ccc(C(F)(F)F)cc1)C1CCN(Cc2ccc(F)cc2)CC1. The lowest BCUT2D eigenvalue weighted by Crippen LogP contribution is -2.37. The number of likely N-dealkylation sites (tertiary alicyclic amines) is 1. The number of nitrogens with one attached hydrogen (secondary N) is 1. The van der Waals surface area contributed by atoms with E-state index >= 15 is 0 Å². The fourth-order valence-corrected chi connectivity index (χ4v) is 3.19. The molecule has 3 rings (SSSR count). The molecule has 1 heterocycles. The molecule has 1 aliphatic rings. The Hall–Kier alpha value is -2.41. The van der Waals surface area contributed by atoms with Crippen LogP contribution in [0.4, 0.5) is 23.2 Å². The largest absolute Gasteiger partial charge is 0.416 e. The minimum absolute atomic E-state index is 0.170. The van der Waals surface area contributed by atoms with Gasteiger partial charge in [0.05, 0.1) is 5.56 Å². The normalized spacial score (nSPS) is 16.3. The average molecular weight is 380 g/mol. The van der Waals surface area contributed by atoms with E-state index in [4.69, 9.17) is 0 Å². The van der Waals surface area contributed by atoms with Crippen molar-refractivity contribution < 1.29 is 22.4 Å². The Labute approximate surface area is 155 Å². The van der Waals surface area contributed by atoms with Crippen LogP contribution in [0, 0.1) is 11.7 Å². The number of halogens is 4. The van der Waals surface area contributed by atoms with Gasteiger partial charge in [0.25, 0.3) is 0 Å². The van der Waals surface area contributed by atoms with Crippen LogP contribution in [0.15, 0.2) is 48.5 Å². The van der Waals surface area contributed by atoms with Crippen LogP contribution in [-0.2, 0) is 17.5 Å². The van der Waals surface area contributed by atoms with Gasteiger partial charge in [-0.15, -0.1) is 0 Å². The lowest BCUT2D eigenvalue weighted by Gasteiger charge is -2.31. The van der Waals surface area contributed by atoms with Gasteiger partial charge in [0.15, 0.2) is 0 Å². The van der Waals surface area contributed by atoms with Gasteiger partial charge in [-0.25, -0.2) is 4.39 Å². The molecule has 1 amide bonds. The summed E-state index contributed by atoms with van der Waals surface area (Å²) in [4.78, 5) is 14.6. The highest BCUT2D eigenvalue weighted by molar-refractivity contribution is 5.92. The molecule has 2 aromatic carbocycles. The Morgan fingerprint density at radius 3 is 2.15 bits per heavy atom. The molecule has 0 aromatic heterocycles. The molecule has 0 unspecified atom stereocenters. The zero-order valence-corrected chi connectivity index (χ0v) is 14.6. The summed E-state index contributed by atoms with van der Waals surface area (Å²) < 4.78 is 50.7. The van der Waals surface area contributed by atoms with Crippen LogP contribution in [0.2, 0.25) is 0 Å². The number of amides is 1. The molecule has 0 radical (unpaired) electrons. The van der Waals surface area contributed by atoms with E-state index < -0.39 is 11.7 Å². The van der Waals surface area contributed by atoms with Gasteiger partial charge in [0, 0.05) is 18.2 Å². The molecule has 27 heavy (non-hydrogen) atoms. The summed E-state index contributed by atoms with van der Waals surface area (Å²) in [6, 6.07) is 10.8. The Bertz CT molecular complexity index is 764. The number of carbonyl (C=O) groups is 1. The summed E-state index contributed by atoms with van der Waals surface area (Å²) in [5, 5.41) is 2.69.